The number of benzene rings is 2. The fourth-order valence-corrected chi connectivity index (χ4v) is 4.24. The standard InChI is InChI=1S/C24H24N2O5/c1-2-30-24(27)31-23-21(17-11-8-12-18(15-17)26(28)29)19-13-6-7-14-20(19)25-22(23)16-9-4-3-5-10-16/h3-5,8-12,15,21,25H,2,6-7,13-14H2,1H3. The Labute approximate surface area is 180 Å². The Balaban J connectivity index is 1.90. The molecule has 1 N–H and O–H groups in total. The van der Waals surface area contributed by atoms with Gasteiger partial charge < -0.3 is 14.8 Å². The Morgan fingerprint density at radius 1 is 1.13 bits per heavy atom. The van der Waals surface area contributed by atoms with Gasteiger partial charge in [-0.15, -0.1) is 0 Å². The van der Waals surface area contributed by atoms with E-state index in [2.05, 4.69) is 5.32 Å². The fraction of sp³-hybridized carbons (Fsp3) is 0.292. The van der Waals surface area contributed by atoms with Gasteiger partial charge >= 0.3 is 6.16 Å². The molecule has 160 valence electrons. The zero-order valence-corrected chi connectivity index (χ0v) is 17.3. The summed E-state index contributed by atoms with van der Waals surface area (Å²) in [5, 5.41) is 14.9. The van der Waals surface area contributed by atoms with E-state index in [1.165, 1.54) is 6.07 Å². The molecule has 1 aliphatic heterocycles. The molecule has 1 unspecified atom stereocenters. The number of nitrogens with one attached hydrogen (secondary N) is 1. The average molecular weight is 420 g/mol. The summed E-state index contributed by atoms with van der Waals surface area (Å²) < 4.78 is 10.8. The van der Waals surface area contributed by atoms with Crippen LogP contribution in [0.3, 0.4) is 0 Å². The van der Waals surface area contributed by atoms with Crippen LogP contribution in [-0.2, 0) is 9.47 Å². The van der Waals surface area contributed by atoms with Crippen LogP contribution in [0.1, 0.15) is 49.7 Å². The molecule has 7 nitrogen and oxygen atoms in total. The van der Waals surface area contributed by atoms with Crippen LogP contribution in [0.15, 0.2) is 71.6 Å². The number of ether oxygens (including phenoxy) is 2. The minimum atomic E-state index is -0.789. The second-order valence-electron chi connectivity index (χ2n) is 7.51. The first kappa shape index (κ1) is 20.7. The molecule has 1 aliphatic carbocycles. The van der Waals surface area contributed by atoms with Crippen molar-refractivity contribution < 1.29 is 19.2 Å². The summed E-state index contributed by atoms with van der Waals surface area (Å²) in [6, 6.07) is 16.2. The van der Waals surface area contributed by atoms with E-state index in [0.29, 0.717) is 11.5 Å². The minimum Gasteiger partial charge on any atom is -0.434 e. The smallest absolute Gasteiger partial charge is 0.434 e. The van der Waals surface area contributed by atoms with Crippen LogP contribution in [0, 0.1) is 10.1 Å². The van der Waals surface area contributed by atoms with Crippen molar-refractivity contribution in [2.24, 2.45) is 0 Å². The van der Waals surface area contributed by atoms with Crippen LogP contribution < -0.4 is 5.32 Å². The summed E-state index contributed by atoms with van der Waals surface area (Å²) >= 11 is 0. The molecule has 0 bridgehead atoms. The Kier molecular flexibility index (Phi) is 6.02. The molecule has 0 saturated carbocycles. The van der Waals surface area contributed by atoms with E-state index in [9.17, 15) is 14.9 Å². The van der Waals surface area contributed by atoms with Gasteiger partial charge in [-0.25, -0.2) is 4.79 Å². The highest BCUT2D eigenvalue weighted by molar-refractivity contribution is 5.75. The average Bonchev–Trinajstić information content (AvgIpc) is 2.79. The maximum Gasteiger partial charge on any atom is 0.513 e. The molecule has 31 heavy (non-hydrogen) atoms. The molecule has 7 heteroatoms. The van der Waals surface area contributed by atoms with E-state index in [0.717, 1.165) is 48.1 Å². The summed E-state index contributed by atoms with van der Waals surface area (Å²) in [6.45, 7) is 1.91. The van der Waals surface area contributed by atoms with Gasteiger partial charge in [0.05, 0.1) is 23.1 Å². The van der Waals surface area contributed by atoms with Gasteiger partial charge in [-0.1, -0.05) is 42.5 Å². The van der Waals surface area contributed by atoms with Crippen LogP contribution in [0.4, 0.5) is 10.5 Å². The third-order valence-corrected chi connectivity index (χ3v) is 5.58. The molecule has 0 radical (unpaired) electrons. The zero-order chi connectivity index (χ0) is 21.8. The van der Waals surface area contributed by atoms with Gasteiger partial charge in [-0.3, -0.25) is 10.1 Å². The largest absolute Gasteiger partial charge is 0.513 e. The van der Waals surface area contributed by atoms with Crippen molar-refractivity contribution in [1.29, 1.82) is 0 Å². The third kappa shape index (κ3) is 4.30. The first-order valence-corrected chi connectivity index (χ1v) is 10.5. The summed E-state index contributed by atoms with van der Waals surface area (Å²) in [7, 11) is 0. The van der Waals surface area contributed by atoms with E-state index < -0.39 is 17.0 Å². The number of dihydropyridines is 1. The summed E-state index contributed by atoms with van der Waals surface area (Å²) in [5.74, 6) is 0.00172. The van der Waals surface area contributed by atoms with Crippen molar-refractivity contribution in [2.45, 2.75) is 38.5 Å². The highest BCUT2D eigenvalue weighted by Gasteiger charge is 2.36. The van der Waals surface area contributed by atoms with E-state index in [1.807, 2.05) is 36.4 Å². The van der Waals surface area contributed by atoms with E-state index in [1.54, 1.807) is 19.1 Å². The van der Waals surface area contributed by atoms with Crippen molar-refractivity contribution in [3.05, 3.63) is 92.9 Å². The zero-order valence-electron chi connectivity index (χ0n) is 17.3. The SMILES string of the molecule is CCOC(=O)OC1=C(c2ccccc2)NC2=C(CCCC2)C1c1cccc([N+](=O)[O-])c1. The molecule has 1 atom stereocenters. The lowest BCUT2D eigenvalue weighted by Gasteiger charge is -2.35. The number of rotatable bonds is 5. The monoisotopic (exact) mass is 420 g/mol. The van der Waals surface area contributed by atoms with Gasteiger partial charge in [0.2, 0.25) is 0 Å². The molecule has 0 fully saturated rings. The van der Waals surface area contributed by atoms with E-state index >= 15 is 0 Å². The highest BCUT2D eigenvalue weighted by atomic mass is 16.7. The van der Waals surface area contributed by atoms with E-state index in [-0.39, 0.29) is 12.3 Å². The molecule has 0 spiro atoms. The van der Waals surface area contributed by atoms with Crippen LogP contribution in [0.5, 0.6) is 0 Å². The number of nitrogens with zero attached hydrogens (tertiary/aromatic N) is 1. The second-order valence-corrected chi connectivity index (χ2v) is 7.51. The number of allylic oxidation sites excluding steroid dienone is 2. The van der Waals surface area contributed by atoms with Crippen molar-refractivity contribution in [2.75, 3.05) is 6.61 Å². The summed E-state index contributed by atoms with van der Waals surface area (Å²) in [4.78, 5) is 23.4. The molecule has 2 aromatic rings. The van der Waals surface area contributed by atoms with Gasteiger partial charge in [0.15, 0.2) is 0 Å². The lowest BCUT2D eigenvalue weighted by Crippen LogP contribution is -2.30. The van der Waals surface area contributed by atoms with Crippen LogP contribution in [-0.4, -0.2) is 17.7 Å². The predicted molar refractivity (Wildman–Crippen MR) is 116 cm³/mol. The Morgan fingerprint density at radius 2 is 1.90 bits per heavy atom. The Hall–Kier alpha value is -3.61. The molecular formula is C24H24N2O5. The Bertz CT molecular complexity index is 1060. The van der Waals surface area contributed by atoms with Crippen molar-refractivity contribution in [3.63, 3.8) is 0 Å². The quantitative estimate of drug-likeness (QED) is 0.382. The van der Waals surface area contributed by atoms with Gasteiger partial charge in [-0.05, 0) is 43.7 Å². The van der Waals surface area contributed by atoms with Gasteiger partial charge in [0.1, 0.15) is 5.76 Å². The number of non-ortho nitro benzene ring substituents is 1. The number of nitro benzene ring substituents is 1. The topological polar surface area (TPSA) is 90.7 Å². The molecule has 2 aliphatic rings. The lowest BCUT2D eigenvalue weighted by molar-refractivity contribution is -0.384. The molecule has 0 saturated heterocycles. The number of nitro groups is 1. The molecular weight excluding hydrogens is 396 g/mol. The molecule has 2 aromatic carbocycles. The van der Waals surface area contributed by atoms with Crippen molar-refractivity contribution in [1.82, 2.24) is 5.32 Å². The first-order valence-electron chi connectivity index (χ1n) is 10.5. The van der Waals surface area contributed by atoms with Gasteiger partial charge in [-0.2, -0.15) is 0 Å². The second kappa shape index (κ2) is 9.04. The number of hydrogen-bond acceptors (Lipinski definition) is 6. The fourth-order valence-electron chi connectivity index (χ4n) is 4.24. The molecule has 4 rings (SSSR count). The highest BCUT2D eigenvalue weighted by Crippen LogP contribution is 2.46. The summed E-state index contributed by atoms with van der Waals surface area (Å²) in [6.07, 6.45) is 2.99. The van der Waals surface area contributed by atoms with Crippen molar-refractivity contribution >= 4 is 17.5 Å². The lowest BCUT2D eigenvalue weighted by atomic mass is 9.78. The first-order chi connectivity index (χ1) is 15.1. The molecule has 1 heterocycles. The maximum atomic E-state index is 12.4. The van der Waals surface area contributed by atoms with Crippen LogP contribution >= 0.6 is 0 Å². The van der Waals surface area contributed by atoms with Crippen LogP contribution in [0.2, 0.25) is 0 Å². The third-order valence-electron chi connectivity index (χ3n) is 5.58. The maximum absolute atomic E-state index is 12.4. The van der Waals surface area contributed by atoms with Gasteiger partial charge in [0.25, 0.3) is 5.69 Å². The number of hydrogen-bond donors (Lipinski definition) is 1. The predicted octanol–water partition coefficient (Wildman–Crippen LogP) is 5.65. The molecule has 0 amide bonds. The van der Waals surface area contributed by atoms with Gasteiger partial charge in [0, 0.05) is 23.4 Å². The number of carbonyl (C=O) groups excluding carboxylic acids is 1. The van der Waals surface area contributed by atoms with Crippen molar-refractivity contribution in [3.8, 4) is 0 Å². The van der Waals surface area contributed by atoms with Crippen LogP contribution in [0.25, 0.3) is 5.70 Å². The summed E-state index contributed by atoms with van der Waals surface area (Å²) in [5.41, 5.74) is 4.48. The normalized spacial score (nSPS) is 18.2. The number of carbonyl (C=O) groups is 1. The molecule has 0 aromatic heterocycles. The minimum absolute atomic E-state index is 0.00531. The van der Waals surface area contributed by atoms with E-state index in [4.69, 9.17) is 9.47 Å². The Morgan fingerprint density at radius 3 is 2.65 bits per heavy atom.